The first-order valence-corrected chi connectivity index (χ1v) is 7.18. The minimum Gasteiger partial charge on any atom is -0.464 e. The van der Waals surface area contributed by atoms with E-state index in [-0.39, 0.29) is 6.04 Å². The highest BCUT2D eigenvalue weighted by atomic mass is 16.5. The van der Waals surface area contributed by atoms with Crippen molar-refractivity contribution >= 4 is 11.0 Å². The summed E-state index contributed by atoms with van der Waals surface area (Å²) in [5.41, 5.74) is 7.74. The van der Waals surface area contributed by atoms with Crippen molar-refractivity contribution in [1.82, 2.24) is 10.1 Å². The molecule has 1 atom stereocenters. The molecule has 0 aliphatic carbocycles. The maximum atomic E-state index is 6.08. The van der Waals surface area contributed by atoms with Crippen molar-refractivity contribution in [2.75, 3.05) is 0 Å². The first-order chi connectivity index (χ1) is 10.1. The van der Waals surface area contributed by atoms with Crippen molar-refractivity contribution in [2.24, 2.45) is 11.7 Å². The number of aromatic nitrogens is 2. The first-order valence-electron chi connectivity index (χ1n) is 7.18. The van der Waals surface area contributed by atoms with Crippen molar-refractivity contribution < 1.29 is 8.94 Å². The summed E-state index contributed by atoms with van der Waals surface area (Å²) in [5.74, 6) is 1.68. The van der Waals surface area contributed by atoms with E-state index in [2.05, 4.69) is 24.0 Å². The van der Waals surface area contributed by atoms with Gasteiger partial charge in [-0.2, -0.15) is 4.98 Å². The molecule has 0 saturated carbocycles. The third kappa shape index (κ3) is 2.97. The number of nitrogens with two attached hydrogens (primary N) is 1. The lowest BCUT2D eigenvalue weighted by Crippen LogP contribution is -2.24. The fourth-order valence-electron chi connectivity index (χ4n) is 2.51. The van der Waals surface area contributed by atoms with E-state index in [0.717, 1.165) is 23.0 Å². The highest BCUT2D eigenvalue weighted by molar-refractivity contribution is 5.91. The topological polar surface area (TPSA) is 78.1 Å². The summed E-state index contributed by atoms with van der Waals surface area (Å²) in [4.78, 5) is 4.43. The maximum absolute atomic E-state index is 6.08. The molecule has 21 heavy (non-hydrogen) atoms. The number of fused-ring (bicyclic) bond motifs is 1. The fourth-order valence-corrected chi connectivity index (χ4v) is 2.51. The Kier molecular flexibility index (Phi) is 3.75. The molecule has 0 saturated heterocycles. The second kappa shape index (κ2) is 5.69. The molecule has 2 aromatic heterocycles. The van der Waals surface area contributed by atoms with Crippen LogP contribution in [0.2, 0.25) is 0 Å². The Morgan fingerprint density at radius 1 is 1.24 bits per heavy atom. The zero-order chi connectivity index (χ0) is 14.8. The van der Waals surface area contributed by atoms with Crippen molar-refractivity contribution in [3.63, 3.8) is 0 Å². The molecule has 3 aromatic rings. The van der Waals surface area contributed by atoms with E-state index in [1.807, 2.05) is 24.3 Å². The summed E-state index contributed by atoms with van der Waals surface area (Å²) in [6.07, 6.45) is 3.20. The minimum atomic E-state index is 0.0411. The van der Waals surface area contributed by atoms with Gasteiger partial charge in [0, 0.05) is 17.8 Å². The van der Waals surface area contributed by atoms with E-state index in [1.165, 1.54) is 0 Å². The number of rotatable bonds is 5. The van der Waals surface area contributed by atoms with Crippen molar-refractivity contribution in [3.05, 3.63) is 36.4 Å². The Balaban J connectivity index is 1.82. The number of hydrogen-bond donors (Lipinski definition) is 1. The van der Waals surface area contributed by atoms with Crippen LogP contribution in [0.5, 0.6) is 0 Å². The normalized spacial score (nSPS) is 13.1. The van der Waals surface area contributed by atoms with Gasteiger partial charge in [-0.05, 0) is 18.4 Å². The zero-order valence-electron chi connectivity index (χ0n) is 12.2. The molecule has 2 N–H and O–H groups in total. The number of benzene rings is 1. The van der Waals surface area contributed by atoms with Gasteiger partial charge >= 0.3 is 0 Å². The standard InChI is InChI=1S/C16H19N3O2/c1-10(2)7-11(17)8-15-18-16(19-21-15)13-9-20-14-6-4-3-5-12(13)14/h3-6,9-11H,7-8,17H2,1-2H3. The van der Waals surface area contributed by atoms with Gasteiger partial charge in [-0.25, -0.2) is 0 Å². The summed E-state index contributed by atoms with van der Waals surface area (Å²) in [5, 5.41) is 5.02. The molecule has 0 spiro atoms. The average Bonchev–Trinajstić information content (AvgIpc) is 3.03. The van der Waals surface area contributed by atoms with Gasteiger partial charge in [-0.1, -0.05) is 37.2 Å². The highest BCUT2D eigenvalue weighted by Crippen LogP contribution is 2.28. The van der Waals surface area contributed by atoms with E-state index in [0.29, 0.717) is 24.1 Å². The Morgan fingerprint density at radius 3 is 2.86 bits per heavy atom. The number of nitrogens with zero attached hydrogens (tertiary/aromatic N) is 2. The van der Waals surface area contributed by atoms with Crippen LogP contribution in [0, 0.1) is 5.92 Å². The summed E-state index contributed by atoms with van der Waals surface area (Å²) < 4.78 is 10.8. The van der Waals surface area contributed by atoms with Gasteiger partial charge in [-0.3, -0.25) is 0 Å². The smallest absolute Gasteiger partial charge is 0.228 e. The summed E-state index contributed by atoms with van der Waals surface area (Å²) in [6, 6.07) is 7.83. The molecular weight excluding hydrogens is 266 g/mol. The molecule has 5 nitrogen and oxygen atoms in total. The molecule has 5 heteroatoms. The number of furan rings is 1. The van der Waals surface area contributed by atoms with E-state index in [9.17, 15) is 0 Å². The Hall–Kier alpha value is -2.14. The van der Waals surface area contributed by atoms with Gasteiger partial charge in [0.1, 0.15) is 11.8 Å². The van der Waals surface area contributed by atoms with Crippen molar-refractivity contribution in [1.29, 1.82) is 0 Å². The number of hydrogen-bond acceptors (Lipinski definition) is 5. The van der Waals surface area contributed by atoms with Crippen LogP contribution in [0.15, 0.2) is 39.5 Å². The number of para-hydroxylation sites is 1. The molecule has 1 aromatic carbocycles. The molecule has 110 valence electrons. The van der Waals surface area contributed by atoms with Crippen LogP contribution in [0.1, 0.15) is 26.2 Å². The molecule has 1 unspecified atom stereocenters. The molecule has 0 aliphatic heterocycles. The van der Waals surface area contributed by atoms with Gasteiger partial charge in [-0.15, -0.1) is 0 Å². The van der Waals surface area contributed by atoms with Crippen LogP contribution in [-0.4, -0.2) is 16.2 Å². The largest absolute Gasteiger partial charge is 0.464 e. The van der Waals surface area contributed by atoms with Crippen LogP contribution in [-0.2, 0) is 6.42 Å². The lowest BCUT2D eigenvalue weighted by atomic mass is 10.0. The zero-order valence-corrected chi connectivity index (χ0v) is 12.2. The predicted molar refractivity (Wildman–Crippen MR) is 80.6 cm³/mol. The summed E-state index contributed by atoms with van der Waals surface area (Å²) >= 11 is 0. The SMILES string of the molecule is CC(C)CC(N)Cc1nc(-c2coc3ccccc23)no1. The van der Waals surface area contributed by atoms with Crippen molar-refractivity contribution in [3.8, 4) is 11.4 Å². The van der Waals surface area contributed by atoms with Gasteiger partial charge in [0.25, 0.3) is 0 Å². The van der Waals surface area contributed by atoms with Crippen molar-refractivity contribution in [2.45, 2.75) is 32.7 Å². The molecule has 0 bridgehead atoms. The molecule has 0 fully saturated rings. The van der Waals surface area contributed by atoms with Crippen LogP contribution in [0.4, 0.5) is 0 Å². The van der Waals surface area contributed by atoms with Gasteiger partial charge in [0.15, 0.2) is 0 Å². The molecule has 2 heterocycles. The third-order valence-corrected chi connectivity index (χ3v) is 3.40. The molecule has 0 radical (unpaired) electrons. The van der Waals surface area contributed by atoms with E-state index < -0.39 is 0 Å². The van der Waals surface area contributed by atoms with E-state index >= 15 is 0 Å². The predicted octanol–water partition coefficient (Wildman–Crippen LogP) is 3.40. The highest BCUT2D eigenvalue weighted by Gasteiger charge is 2.16. The molecule has 3 rings (SSSR count). The monoisotopic (exact) mass is 285 g/mol. The Labute approximate surface area is 123 Å². The van der Waals surface area contributed by atoms with Gasteiger partial charge in [0.2, 0.25) is 11.7 Å². The first kappa shape index (κ1) is 13.8. The molecular formula is C16H19N3O2. The van der Waals surface area contributed by atoms with Gasteiger partial charge < -0.3 is 14.7 Å². The van der Waals surface area contributed by atoms with Gasteiger partial charge in [0.05, 0.1) is 5.56 Å². The van der Waals surface area contributed by atoms with Crippen LogP contribution >= 0.6 is 0 Å². The second-order valence-corrected chi connectivity index (χ2v) is 5.75. The van der Waals surface area contributed by atoms with E-state index in [4.69, 9.17) is 14.7 Å². The molecule has 0 amide bonds. The van der Waals surface area contributed by atoms with Crippen LogP contribution in [0.3, 0.4) is 0 Å². The second-order valence-electron chi connectivity index (χ2n) is 5.75. The fraction of sp³-hybridized carbons (Fsp3) is 0.375. The lowest BCUT2D eigenvalue weighted by Gasteiger charge is -2.10. The third-order valence-electron chi connectivity index (χ3n) is 3.40. The molecule has 0 aliphatic rings. The van der Waals surface area contributed by atoms with Crippen LogP contribution in [0.25, 0.3) is 22.4 Å². The van der Waals surface area contributed by atoms with Crippen LogP contribution < -0.4 is 5.73 Å². The Morgan fingerprint density at radius 2 is 2.05 bits per heavy atom. The Bertz CT molecular complexity index is 730. The van der Waals surface area contributed by atoms with E-state index in [1.54, 1.807) is 6.26 Å². The average molecular weight is 285 g/mol. The minimum absolute atomic E-state index is 0.0411. The quantitative estimate of drug-likeness (QED) is 0.777. The maximum Gasteiger partial charge on any atom is 0.228 e. The summed E-state index contributed by atoms with van der Waals surface area (Å²) in [7, 11) is 0. The lowest BCUT2D eigenvalue weighted by molar-refractivity contribution is 0.359. The summed E-state index contributed by atoms with van der Waals surface area (Å²) in [6.45, 7) is 4.30.